The Morgan fingerprint density at radius 2 is 1.93 bits per heavy atom. The van der Waals surface area contributed by atoms with Crippen molar-refractivity contribution in [1.82, 2.24) is 4.90 Å². The Labute approximate surface area is 173 Å². The second-order valence-corrected chi connectivity index (χ2v) is 7.40. The van der Waals surface area contributed by atoms with Gasteiger partial charge in [0.2, 0.25) is 0 Å². The number of rotatable bonds is 7. The van der Waals surface area contributed by atoms with Crippen LogP contribution in [-0.2, 0) is 4.79 Å². The molecule has 0 aromatic heterocycles. The number of hydrogen-bond acceptors (Lipinski definition) is 6. The standard InChI is InChI=1S/C22H22N2O4S/c1-3-28-18-6-4-5-17(20(18)25)14-23-11-12-24-21(26)19(29-22(24)27)13-16-9-7-15(2)8-10-16/h4-10,13-14,25H,3,11-12H2,1-2H3/b19-13-,23-14?. The number of thioether (sulfide) groups is 1. The van der Waals surface area contributed by atoms with E-state index in [1.165, 1.54) is 11.1 Å². The summed E-state index contributed by atoms with van der Waals surface area (Å²) in [6.07, 6.45) is 3.24. The van der Waals surface area contributed by atoms with Crippen molar-refractivity contribution in [2.45, 2.75) is 13.8 Å². The lowest BCUT2D eigenvalue weighted by Gasteiger charge is -2.10. The fourth-order valence-corrected chi connectivity index (χ4v) is 3.61. The zero-order valence-electron chi connectivity index (χ0n) is 16.3. The molecule has 0 unspecified atom stereocenters. The molecule has 1 aliphatic heterocycles. The van der Waals surface area contributed by atoms with E-state index < -0.39 is 0 Å². The normalized spacial score (nSPS) is 15.7. The molecule has 29 heavy (non-hydrogen) atoms. The molecule has 0 atom stereocenters. The molecule has 6 nitrogen and oxygen atoms in total. The van der Waals surface area contributed by atoms with Gasteiger partial charge in [-0.1, -0.05) is 35.9 Å². The molecule has 3 rings (SSSR count). The summed E-state index contributed by atoms with van der Waals surface area (Å²) >= 11 is 0.935. The monoisotopic (exact) mass is 410 g/mol. The average molecular weight is 410 g/mol. The fourth-order valence-electron chi connectivity index (χ4n) is 2.74. The molecule has 0 spiro atoms. The zero-order valence-corrected chi connectivity index (χ0v) is 17.1. The number of phenolic OH excluding ortho intramolecular Hbond substituents is 1. The topological polar surface area (TPSA) is 79.2 Å². The van der Waals surface area contributed by atoms with E-state index in [-0.39, 0.29) is 30.0 Å². The first-order valence-electron chi connectivity index (χ1n) is 9.26. The average Bonchev–Trinajstić information content (AvgIpc) is 2.97. The summed E-state index contributed by atoms with van der Waals surface area (Å²) in [5.41, 5.74) is 2.53. The van der Waals surface area contributed by atoms with Crippen LogP contribution in [0.25, 0.3) is 6.08 Å². The minimum atomic E-state index is -0.308. The fraction of sp³-hybridized carbons (Fsp3) is 0.227. The van der Waals surface area contributed by atoms with E-state index >= 15 is 0 Å². The molecule has 0 radical (unpaired) electrons. The number of aryl methyl sites for hydroxylation is 1. The Bertz CT molecular complexity index is 967. The molecule has 2 amide bonds. The molecule has 1 heterocycles. The first kappa shape index (κ1) is 20.7. The lowest BCUT2D eigenvalue weighted by atomic mass is 10.1. The van der Waals surface area contributed by atoms with E-state index in [1.54, 1.807) is 24.3 Å². The van der Waals surface area contributed by atoms with Gasteiger partial charge < -0.3 is 9.84 Å². The van der Waals surface area contributed by atoms with Crippen molar-refractivity contribution in [2.75, 3.05) is 19.7 Å². The van der Waals surface area contributed by atoms with Crippen LogP contribution in [0.5, 0.6) is 11.5 Å². The van der Waals surface area contributed by atoms with Crippen LogP contribution in [0.3, 0.4) is 0 Å². The van der Waals surface area contributed by atoms with Crippen LogP contribution < -0.4 is 4.74 Å². The second-order valence-electron chi connectivity index (χ2n) is 6.41. The number of nitrogens with zero attached hydrogens (tertiary/aromatic N) is 2. The third-order valence-electron chi connectivity index (χ3n) is 4.26. The summed E-state index contributed by atoms with van der Waals surface area (Å²) in [5.74, 6) is 0.103. The van der Waals surface area contributed by atoms with Gasteiger partial charge in [-0.3, -0.25) is 19.5 Å². The number of carbonyl (C=O) groups is 2. The smallest absolute Gasteiger partial charge is 0.293 e. The van der Waals surface area contributed by atoms with Gasteiger partial charge in [-0.2, -0.15) is 0 Å². The summed E-state index contributed by atoms with van der Waals surface area (Å²) in [6, 6.07) is 12.9. The Morgan fingerprint density at radius 3 is 2.66 bits per heavy atom. The summed E-state index contributed by atoms with van der Waals surface area (Å²) in [5, 5.41) is 9.86. The summed E-state index contributed by atoms with van der Waals surface area (Å²) in [4.78, 5) is 30.6. The molecule has 0 saturated carbocycles. The summed E-state index contributed by atoms with van der Waals surface area (Å²) < 4.78 is 5.34. The Morgan fingerprint density at radius 1 is 1.17 bits per heavy atom. The van der Waals surface area contributed by atoms with E-state index in [9.17, 15) is 14.7 Å². The third kappa shape index (κ3) is 5.06. The number of aromatic hydroxyl groups is 1. The van der Waals surface area contributed by atoms with E-state index in [2.05, 4.69) is 4.99 Å². The number of aliphatic imine (C=N–C) groups is 1. The van der Waals surface area contributed by atoms with E-state index in [1.807, 2.05) is 38.1 Å². The molecule has 1 saturated heterocycles. The molecule has 1 fully saturated rings. The molecule has 1 N–H and O–H groups in total. The van der Waals surface area contributed by atoms with E-state index in [0.717, 1.165) is 22.9 Å². The van der Waals surface area contributed by atoms with Crippen LogP contribution in [-0.4, -0.2) is 47.1 Å². The number of carbonyl (C=O) groups excluding carboxylic acids is 2. The lowest BCUT2D eigenvalue weighted by Crippen LogP contribution is -2.30. The number of phenols is 1. The molecule has 1 aliphatic rings. The minimum absolute atomic E-state index is 0.0188. The van der Waals surface area contributed by atoms with Crippen molar-refractivity contribution in [1.29, 1.82) is 0 Å². The predicted molar refractivity (Wildman–Crippen MR) is 116 cm³/mol. The van der Waals surface area contributed by atoms with Crippen LogP contribution in [0.4, 0.5) is 4.79 Å². The molecule has 0 aliphatic carbocycles. The highest BCUT2D eigenvalue weighted by Gasteiger charge is 2.34. The first-order chi connectivity index (χ1) is 14.0. The maximum Gasteiger partial charge on any atom is 0.293 e. The molecule has 150 valence electrons. The van der Waals surface area contributed by atoms with E-state index in [4.69, 9.17) is 4.74 Å². The number of hydrogen-bond donors (Lipinski definition) is 1. The van der Waals surface area contributed by atoms with Gasteiger partial charge in [-0.15, -0.1) is 0 Å². The largest absolute Gasteiger partial charge is 0.504 e. The van der Waals surface area contributed by atoms with Crippen LogP contribution in [0, 0.1) is 6.92 Å². The third-order valence-corrected chi connectivity index (χ3v) is 5.17. The number of para-hydroxylation sites is 1. The maximum absolute atomic E-state index is 12.5. The van der Waals surface area contributed by atoms with Crippen LogP contribution in [0.1, 0.15) is 23.6 Å². The van der Waals surface area contributed by atoms with Gasteiger partial charge in [0.1, 0.15) is 0 Å². The Balaban J connectivity index is 1.62. The van der Waals surface area contributed by atoms with Gasteiger partial charge in [-0.25, -0.2) is 0 Å². The minimum Gasteiger partial charge on any atom is -0.504 e. The molecule has 0 bridgehead atoms. The van der Waals surface area contributed by atoms with Crippen molar-refractivity contribution in [3.8, 4) is 11.5 Å². The van der Waals surface area contributed by atoms with Gasteiger partial charge in [0, 0.05) is 18.3 Å². The highest BCUT2D eigenvalue weighted by Crippen LogP contribution is 2.32. The first-order valence-corrected chi connectivity index (χ1v) is 10.1. The van der Waals surface area contributed by atoms with Crippen LogP contribution in [0.2, 0.25) is 0 Å². The number of benzene rings is 2. The molecule has 2 aromatic carbocycles. The van der Waals surface area contributed by atoms with Crippen molar-refractivity contribution >= 4 is 35.2 Å². The summed E-state index contributed by atoms with van der Waals surface area (Å²) in [7, 11) is 0. The SMILES string of the molecule is CCOc1cccc(C=NCCN2C(=O)S/C(=C\c3ccc(C)cc3)C2=O)c1O. The number of amides is 2. The number of imide groups is 1. The number of ether oxygens (including phenoxy) is 1. The molecular formula is C22H22N2O4S. The molecular weight excluding hydrogens is 388 g/mol. The predicted octanol–water partition coefficient (Wildman–Crippen LogP) is 4.25. The molecule has 7 heteroatoms. The van der Waals surface area contributed by atoms with Gasteiger partial charge in [0.15, 0.2) is 11.5 Å². The lowest BCUT2D eigenvalue weighted by molar-refractivity contribution is -0.122. The maximum atomic E-state index is 12.5. The summed E-state index contributed by atoms with van der Waals surface area (Å²) in [6.45, 7) is 4.70. The van der Waals surface area contributed by atoms with Crippen LogP contribution >= 0.6 is 11.8 Å². The van der Waals surface area contributed by atoms with Gasteiger partial charge in [-0.05, 0) is 49.4 Å². The highest BCUT2D eigenvalue weighted by atomic mass is 32.2. The highest BCUT2D eigenvalue weighted by molar-refractivity contribution is 8.18. The Kier molecular flexibility index (Phi) is 6.72. The quantitative estimate of drug-likeness (QED) is 0.545. The van der Waals surface area contributed by atoms with Gasteiger partial charge in [0.05, 0.1) is 18.1 Å². The van der Waals surface area contributed by atoms with Crippen molar-refractivity contribution < 1.29 is 19.4 Å². The van der Waals surface area contributed by atoms with Gasteiger partial charge >= 0.3 is 0 Å². The second kappa shape index (κ2) is 9.43. The zero-order chi connectivity index (χ0) is 20.8. The van der Waals surface area contributed by atoms with Crippen molar-refractivity contribution in [3.05, 3.63) is 64.1 Å². The van der Waals surface area contributed by atoms with Crippen molar-refractivity contribution in [3.63, 3.8) is 0 Å². The van der Waals surface area contributed by atoms with Gasteiger partial charge in [0.25, 0.3) is 11.1 Å². The van der Waals surface area contributed by atoms with E-state index in [0.29, 0.717) is 22.8 Å². The Hall–Kier alpha value is -3.06. The van der Waals surface area contributed by atoms with Crippen LogP contribution in [0.15, 0.2) is 52.4 Å². The molecule has 2 aromatic rings. The van der Waals surface area contributed by atoms with Crippen molar-refractivity contribution in [2.24, 2.45) is 4.99 Å².